The van der Waals surface area contributed by atoms with Crippen LogP contribution in [0.5, 0.6) is 0 Å². The first-order valence-corrected chi connectivity index (χ1v) is 4.71. The third kappa shape index (κ3) is 4.41. The minimum absolute atomic E-state index is 0.412. The molecule has 0 aliphatic carbocycles. The minimum atomic E-state index is 0.412. The Morgan fingerprint density at radius 1 is 1.09 bits per heavy atom. The highest BCUT2D eigenvalue weighted by atomic mass is 16.5. The van der Waals surface area contributed by atoms with Gasteiger partial charge in [-0.25, -0.2) is 0 Å². The highest BCUT2D eigenvalue weighted by Crippen LogP contribution is 2.16. The molecule has 0 saturated heterocycles. The molecule has 2 atom stereocenters. The van der Waals surface area contributed by atoms with Gasteiger partial charge in [-0.05, 0) is 25.2 Å². The van der Waals surface area contributed by atoms with Crippen molar-refractivity contribution in [2.24, 2.45) is 11.8 Å². The van der Waals surface area contributed by atoms with Crippen LogP contribution in [0.15, 0.2) is 0 Å². The van der Waals surface area contributed by atoms with Crippen molar-refractivity contribution in [2.45, 2.75) is 47.1 Å². The van der Waals surface area contributed by atoms with E-state index in [1.807, 2.05) is 0 Å². The molecule has 0 amide bonds. The van der Waals surface area contributed by atoms with E-state index in [9.17, 15) is 0 Å². The van der Waals surface area contributed by atoms with Crippen LogP contribution < -0.4 is 0 Å². The number of hydrogen-bond acceptors (Lipinski definition) is 1. The lowest BCUT2D eigenvalue weighted by Gasteiger charge is -2.23. The van der Waals surface area contributed by atoms with Crippen LogP contribution >= 0.6 is 0 Å². The molecule has 0 bridgehead atoms. The van der Waals surface area contributed by atoms with E-state index < -0.39 is 0 Å². The lowest BCUT2D eigenvalue weighted by atomic mass is 9.93. The Hall–Kier alpha value is -0.0400. The Kier molecular flexibility index (Phi) is 5.57. The van der Waals surface area contributed by atoms with Crippen molar-refractivity contribution in [2.75, 3.05) is 6.61 Å². The summed E-state index contributed by atoms with van der Waals surface area (Å²) in [6.45, 7) is 12.0. The van der Waals surface area contributed by atoms with Crippen molar-refractivity contribution in [3.8, 4) is 0 Å². The van der Waals surface area contributed by atoms with Crippen LogP contribution in [0.2, 0.25) is 0 Å². The topological polar surface area (TPSA) is 9.23 Å². The highest BCUT2D eigenvalue weighted by Gasteiger charge is 2.15. The molecule has 0 spiro atoms. The molecule has 0 radical (unpaired) electrons. The van der Waals surface area contributed by atoms with Crippen LogP contribution in [0.4, 0.5) is 0 Å². The Labute approximate surface area is 71.1 Å². The first kappa shape index (κ1) is 11.0. The van der Waals surface area contributed by atoms with Gasteiger partial charge < -0.3 is 4.74 Å². The van der Waals surface area contributed by atoms with E-state index in [-0.39, 0.29) is 0 Å². The maximum atomic E-state index is 5.61. The van der Waals surface area contributed by atoms with Gasteiger partial charge in [-0.3, -0.25) is 0 Å². The molecule has 1 heteroatoms. The molecule has 0 fully saturated rings. The van der Waals surface area contributed by atoms with E-state index in [1.165, 1.54) is 0 Å². The molecule has 0 aromatic rings. The van der Waals surface area contributed by atoms with Crippen molar-refractivity contribution in [3.63, 3.8) is 0 Å². The van der Waals surface area contributed by atoms with Crippen LogP contribution in [0.25, 0.3) is 0 Å². The van der Waals surface area contributed by atoms with Gasteiger partial charge in [0.2, 0.25) is 0 Å². The van der Waals surface area contributed by atoms with Crippen LogP contribution in [-0.2, 0) is 4.74 Å². The predicted octanol–water partition coefficient (Wildman–Crippen LogP) is 3.09. The molecule has 1 nitrogen and oxygen atoms in total. The number of rotatable bonds is 5. The summed E-state index contributed by atoms with van der Waals surface area (Å²) in [6, 6.07) is 0. The van der Waals surface area contributed by atoms with Crippen LogP contribution in [0.1, 0.15) is 41.0 Å². The molecule has 0 heterocycles. The van der Waals surface area contributed by atoms with Gasteiger partial charge in [0.15, 0.2) is 0 Å². The summed E-state index contributed by atoms with van der Waals surface area (Å²) in [4.78, 5) is 0. The van der Waals surface area contributed by atoms with Crippen molar-refractivity contribution in [1.29, 1.82) is 0 Å². The van der Waals surface area contributed by atoms with Gasteiger partial charge in [0.1, 0.15) is 0 Å². The molecule has 0 aliphatic heterocycles. The van der Waals surface area contributed by atoms with Crippen molar-refractivity contribution >= 4 is 0 Å². The lowest BCUT2D eigenvalue weighted by molar-refractivity contribution is 0.0167. The number of hydrogen-bond donors (Lipinski definition) is 0. The average Bonchev–Trinajstić information content (AvgIpc) is 1.98. The normalized spacial score (nSPS) is 16.9. The maximum absolute atomic E-state index is 5.61. The molecule has 0 aliphatic rings. The summed E-state index contributed by atoms with van der Waals surface area (Å²) in [5.41, 5.74) is 0. The van der Waals surface area contributed by atoms with Gasteiger partial charge in [0.05, 0.1) is 6.10 Å². The van der Waals surface area contributed by atoms with E-state index in [0.29, 0.717) is 12.0 Å². The SMILES string of the molecule is CCCOC(C)C(C)C(C)C. The second kappa shape index (κ2) is 5.59. The first-order chi connectivity index (χ1) is 5.09. The fourth-order valence-corrected chi connectivity index (χ4v) is 0.998. The molecular formula is C10H22O. The summed E-state index contributed by atoms with van der Waals surface area (Å²) < 4.78 is 5.61. The predicted molar refractivity (Wildman–Crippen MR) is 49.7 cm³/mol. The van der Waals surface area contributed by atoms with Crippen molar-refractivity contribution in [1.82, 2.24) is 0 Å². The molecular weight excluding hydrogens is 136 g/mol. The zero-order valence-corrected chi connectivity index (χ0v) is 8.55. The van der Waals surface area contributed by atoms with Gasteiger partial charge in [-0.15, -0.1) is 0 Å². The zero-order chi connectivity index (χ0) is 8.85. The van der Waals surface area contributed by atoms with Crippen LogP contribution in [-0.4, -0.2) is 12.7 Å². The van der Waals surface area contributed by atoms with E-state index in [1.54, 1.807) is 0 Å². The van der Waals surface area contributed by atoms with Gasteiger partial charge in [0.25, 0.3) is 0 Å². The second-order valence-electron chi connectivity index (χ2n) is 3.68. The Morgan fingerprint density at radius 2 is 1.64 bits per heavy atom. The average molecular weight is 158 g/mol. The van der Waals surface area contributed by atoms with Crippen LogP contribution in [0, 0.1) is 11.8 Å². The third-order valence-electron chi connectivity index (χ3n) is 2.38. The first-order valence-electron chi connectivity index (χ1n) is 4.71. The summed E-state index contributed by atoms with van der Waals surface area (Å²) in [6.07, 6.45) is 1.53. The van der Waals surface area contributed by atoms with E-state index >= 15 is 0 Å². The lowest BCUT2D eigenvalue weighted by Crippen LogP contribution is -2.22. The van der Waals surface area contributed by atoms with Crippen LogP contribution in [0.3, 0.4) is 0 Å². The monoisotopic (exact) mass is 158 g/mol. The maximum Gasteiger partial charge on any atom is 0.0574 e. The molecule has 68 valence electrons. The highest BCUT2D eigenvalue weighted by molar-refractivity contribution is 4.64. The van der Waals surface area contributed by atoms with Crippen molar-refractivity contribution in [3.05, 3.63) is 0 Å². The fraction of sp³-hybridized carbons (Fsp3) is 1.00. The smallest absolute Gasteiger partial charge is 0.0574 e. The zero-order valence-electron chi connectivity index (χ0n) is 8.55. The summed E-state index contributed by atoms with van der Waals surface area (Å²) >= 11 is 0. The van der Waals surface area contributed by atoms with Gasteiger partial charge in [-0.2, -0.15) is 0 Å². The molecule has 0 aromatic carbocycles. The van der Waals surface area contributed by atoms with E-state index in [2.05, 4.69) is 34.6 Å². The standard InChI is InChI=1S/C10H22O/c1-6-7-11-10(5)9(4)8(2)3/h8-10H,6-7H2,1-5H3. The quantitative estimate of drug-likeness (QED) is 0.597. The van der Waals surface area contributed by atoms with Gasteiger partial charge in [0, 0.05) is 6.61 Å². The largest absolute Gasteiger partial charge is 0.378 e. The molecule has 11 heavy (non-hydrogen) atoms. The van der Waals surface area contributed by atoms with Gasteiger partial charge >= 0.3 is 0 Å². The van der Waals surface area contributed by atoms with E-state index in [4.69, 9.17) is 4.74 Å². The number of ether oxygens (including phenoxy) is 1. The summed E-state index contributed by atoms with van der Waals surface area (Å²) in [5, 5.41) is 0. The molecule has 0 saturated carbocycles. The Bertz CT molecular complexity index is 88.9. The molecule has 0 rings (SSSR count). The summed E-state index contributed by atoms with van der Waals surface area (Å²) in [5.74, 6) is 1.39. The Morgan fingerprint density at radius 3 is 2.00 bits per heavy atom. The van der Waals surface area contributed by atoms with Crippen molar-refractivity contribution < 1.29 is 4.74 Å². The molecule has 0 aromatic heterocycles. The molecule has 2 unspecified atom stereocenters. The summed E-state index contributed by atoms with van der Waals surface area (Å²) in [7, 11) is 0. The van der Waals surface area contributed by atoms with E-state index in [0.717, 1.165) is 18.9 Å². The molecule has 0 N–H and O–H groups in total. The Balaban J connectivity index is 3.55. The van der Waals surface area contributed by atoms with Gasteiger partial charge in [-0.1, -0.05) is 27.7 Å². The third-order valence-corrected chi connectivity index (χ3v) is 2.38. The second-order valence-corrected chi connectivity index (χ2v) is 3.68. The fourth-order valence-electron chi connectivity index (χ4n) is 0.998. The minimum Gasteiger partial charge on any atom is -0.378 e.